The lowest BCUT2D eigenvalue weighted by atomic mass is 9.82. The van der Waals surface area contributed by atoms with Gasteiger partial charge in [-0.05, 0) is 37.0 Å². The molecule has 1 amide bonds. The van der Waals surface area contributed by atoms with E-state index in [-0.39, 0.29) is 18.1 Å². The Kier molecular flexibility index (Phi) is 3.48. The highest BCUT2D eigenvalue weighted by Crippen LogP contribution is 2.30. The quantitative estimate of drug-likeness (QED) is 0.861. The van der Waals surface area contributed by atoms with Gasteiger partial charge in [0.15, 0.2) is 0 Å². The van der Waals surface area contributed by atoms with Gasteiger partial charge in [-0.1, -0.05) is 17.7 Å². The van der Waals surface area contributed by atoms with E-state index < -0.39 is 0 Å². The second kappa shape index (κ2) is 5.12. The number of nitrogens with two attached hydrogens (primary N) is 1. The smallest absolute Gasteiger partial charge is 0.252 e. The molecule has 3 aliphatic rings. The molecule has 4 nitrogen and oxygen atoms in total. The highest BCUT2D eigenvalue weighted by atomic mass is 35.5. The fourth-order valence-electron chi connectivity index (χ4n) is 3.12. The summed E-state index contributed by atoms with van der Waals surface area (Å²) in [5, 5.41) is 3.62. The molecular formula is C14H18ClN3O. The molecule has 3 fully saturated rings. The SMILES string of the molecule is NC1C2CCN(CC2)[C@H]1NC(=O)c1cccc(Cl)c1. The lowest BCUT2D eigenvalue weighted by Gasteiger charge is -2.49. The van der Waals surface area contributed by atoms with Crippen LogP contribution < -0.4 is 11.1 Å². The summed E-state index contributed by atoms with van der Waals surface area (Å²) in [6.07, 6.45) is 2.24. The molecule has 4 rings (SSSR count). The van der Waals surface area contributed by atoms with Crippen molar-refractivity contribution in [3.8, 4) is 0 Å². The monoisotopic (exact) mass is 279 g/mol. The molecule has 1 aromatic rings. The number of rotatable bonds is 2. The first kappa shape index (κ1) is 12.9. The van der Waals surface area contributed by atoms with Gasteiger partial charge in [0.05, 0.1) is 6.17 Å². The van der Waals surface area contributed by atoms with Crippen molar-refractivity contribution < 1.29 is 4.79 Å². The van der Waals surface area contributed by atoms with Crippen molar-refractivity contribution in [1.82, 2.24) is 10.2 Å². The first-order valence-corrected chi connectivity index (χ1v) is 7.09. The number of benzene rings is 1. The van der Waals surface area contributed by atoms with E-state index in [1.165, 1.54) is 0 Å². The first-order valence-electron chi connectivity index (χ1n) is 6.71. The van der Waals surface area contributed by atoms with E-state index in [1.54, 1.807) is 24.3 Å². The first-order chi connectivity index (χ1) is 9.15. The van der Waals surface area contributed by atoms with Crippen molar-refractivity contribution in [1.29, 1.82) is 0 Å². The average molecular weight is 280 g/mol. The zero-order valence-electron chi connectivity index (χ0n) is 10.7. The number of carbonyl (C=O) groups is 1. The third-order valence-electron chi connectivity index (χ3n) is 4.24. The molecule has 2 atom stereocenters. The van der Waals surface area contributed by atoms with E-state index in [4.69, 9.17) is 17.3 Å². The van der Waals surface area contributed by atoms with Crippen LogP contribution in [0.1, 0.15) is 23.2 Å². The van der Waals surface area contributed by atoms with Crippen molar-refractivity contribution in [2.45, 2.75) is 25.0 Å². The maximum Gasteiger partial charge on any atom is 0.252 e. The van der Waals surface area contributed by atoms with Crippen LogP contribution in [0.4, 0.5) is 0 Å². The van der Waals surface area contributed by atoms with Gasteiger partial charge in [0.1, 0.15) is 0 Å². The van der Waals surface area contributed by atoms with Crippen LogP contribution in [0.25, 0.3) is 0 Å². The number of nitrogens with zero attached hydrogens (tertiary/aromatic N) is 1. The largest absolute Gasteiger partial charge is 0.335 e. The van der Waals surface area contributed by atoms with Crippen molar-refractivity contribution in [2.75, 3.05) is 13.1 Å². The summed E-state index contributed by atoms with van der Waals surface area (Å²) >= 11 is 5.91. The van der Waals surface area contributed by atoms with Gasteiger partial charge in [-0.15, -0.1) is 0 Å². The Labute approximate surface area is 117 Å². The van der Waals surface area contributed by atoms with Crippen molar-refractivity contribution in [3.63, 3.8) is 0 Å². The second-order valence-electron chi connectivity index (χ2n) is 5.38. The topological polar surface area (TPSA) is 58.4 Å². The van der Waals surface area contributed by atoms with Crippen molar-refractivity contribution >= 4 is 17.5 Å². The molecule has 3 heterocycles. The van der Waals surface area contributed by atoms with Crippen LogP contribution in [0.15, 0.2) is 24.3 Å². The summed E-state index contributed by atoms with van der Waals surface area (Å²) < 4.78 is 0. The van der Waals surface area contributed by atoms with Gasteiger partial charge in [-0.3, -0.25) is 9.69 Å². The second-order valence-corrected chi connectivity index (χ2v) is 5.82. The number of fused-ring (bicyclic) bond motifs is 3. The Morgan fingerprint density at radius 1 is 1.37 bits per heavy atom. The molecular weight excluding hydrogens is 262 g/mol. The van der Waals surface area contributed by atoms with Crippen molar-refractivity contribution in [2.24, 2.45) is 11.7 Å². The third kappa shape index (κ3) is 2.48. The predicted octanol–water partition coefficient (Wildman–Crippen LogP) is 1.45. The van der Waals surface area contributed by atoms with Gasteiger partial charge >= 0.3 is 0 Å². The Balaban J connectivity index is 1.73. The summed E-state index contributed by atoms with van der Waals surface area (Å²) in [6.45, 7) is 2.05. The van der Waals surface area contributed by atoms with E-state index in [0.717, 1.165) is 25.9 Å². The Hall–Kier alpha value is -1.10. The van der Waals surface area contributed by atoms with Gasteiger partial charge in [0, 0.05) is 29.7 Å². The highest BCUT2D eigenvalue weighted by molar-refractivity contribution is 6.30. The summed E-state index contributed by atoms with van der Waals surface area (Å²) in [5.41, 5.74) is 6.82. The van der Waals surface area contributed by atoms with Crippen LogP contribution in [-0.4, -0.2) is 36.1 Å². The van der Waals surface area contributed by atoms with Crippen LogP contribution >= 0.6 is 11.6 Å². The molecule has 102 valence electrons. The van der Waals surface area contributed by atoms with E-state index in [9.17, 15) is 4.79 Å². The number of amides is 1. The molecule has 0 spiro atoms. The number of piperidine rings is 3. The maximum atomic E-state index is 12.2. The molecule has 0 radical (unpaired) electrons. The van der Waals surface area contributed by atoms with E-state index in [2.05, 4.69) is 10.2 Å². The number of hydrogen-bond acceptors (Lipinski definition) is 3. The van der Waals surface area contributed by atoms with Crippen LogP contribution in [0.3, 0.4) is 0 Å². The minimum absolute atomic E-state index is 0.0330. The lowest BCUT2D eigenvalue weighted by molar-refractivity contribution is 0.0115. The number of halogens is 1. The molecule has 0 aliphatic carbocycles. The van der Waals surface area contributed by atoms with Crippen LogP contribution in [0.5, 0.6) is 0 Å². The Morgan fingerprint density at radius 2 is 2.11 bits per heavy atom. The molecule has 1 unspecified atom stereocenters. The minimum atomic E-state index is -0.101. The molecule has 3 aliphatic heterocycles. The Morgan fingerprint density at radius 3 is 2.74 bits per heavy atom. The number of carbonyl (C=O) groups excluding carboxylic acids is 1. The van der Waals surface area contributed by atoms with Gasteiger partial charge in [-0.25, -0.2) is 0 Å². The van der Waals surface area contributed by atoms with E-state index in [0.29, 0.717) is 16.5 Å². The van der Waals surface area contributed by atoms with Crippen LogP contribution in [0, 0.1) is 5.92 Å². The lowest BCUT2D eigenvalue weighted by Crippen LogP contribution is -2.67. The number of nitrogens with one attached hydrogen (secondary N) is 1. The normalized spacial score (nSPS) is 33.2. The Bertz CT molecular complexity index is 483. The third-order valence-corrected chi connectivity index (χ3v) is 4.48. The fraction of sp³-hybridized carbons (Fsp3) is 0.500. The standard InChI is InChI=1S/C14H18ClN3O/c15-11-3-1-2-10(8-11)14(19)17-13-12(16)9-4-6-18(13)7-5-9/h1-3,8-9,12-13H,4-7,16H2,(H,17,19)/t12?,13-/m1/s1. The molecule has 1 aromatic carbocycles. The van der Waals surface area contributed by atoms with Crippen LogP contribution in [-0.2, 0) is 0 Å². The molecule has 3 saturated heterocycles. The maximum absolute atomic E-state index is 12.2. The average Bonchev–Trinajstić information content (AvgIpc) is 2.43. The molecule has 0 saturated carbocycles. The fourth-order valence-corrected chi connectivity index (χ4v) is 3.31. The molecule has 5 heteroatoms. The predicted molar refractivity (Wildman–Crippen MR) is 75.0 cm³/mol. The highest BCUT2D eigenvalue weighted by Gasteiger charge is 2.40. The molecule has 19 heavy (non-hydrogen) atoms. The zero-order valence-corrected chi connectivity index (χ0v) is 11.4. The minimum Gasteiger partial charge on any atom is -0.335 e. The van der Waals surface area contributed by atoms with Gasteiger partial charge < -0.3 is 11.1 Å². The van der Waals surface area contributed by atoms with Gasteiger partial charge in [-0.2, -0.15) is 0 Å². The molecule has 0 aromatic heterocycles. The summed E-state index contributed by atoms with van der Waals surface area (Å²) in [4.78, 5) is 14.5. The molecule has 2 bridgehead atoms. The zero-order chi connectivity index (χ0) is 13.4. The summed E-state index contributed by atoms with van der Waals surface area (Å²) in [5.74, 6) is 0.435. The summed E-state index contributed by atoms with van der Waals surface area (Å²) in [7, 11) is 0. The van der Waals surface area contributed by atoms with Crippen LogP contribution in [0.2, 0.25) is 5.02 Å². The van der Waals surface area contributed by atoms with E-state index >= 15 is 0 Å². The van der Waals surface area contributed by atoms with E-state index in [1.807, 2.05) is 0 Å². The molecule has 3 N–H and O–H groups in total. The van der Waals surface area contributed by atoms with Gasteiger partial charge in [0.25, 0.3) is 5.91 Å². The summed E-state index contributed by atoms with van der Waals surface area (Å²) in [6, 6.07) is 7.02. The van der Waals surface area contributed by atoms with Gasteiger partial charge in [0.2, 0.25) is 0 Å². The number of hydrogen-bond donors (Lipinski definition) is 2. The van der Waals surface area contributed by atoms with Crippen molar-refractivity contribution in [3.05, 3.63) is 34.9 Å².